The number of hydrogen-bond acceptors (Lipinski definition) is 2. The van der Waals surface area contributed by atoms with Crippen molar-refractivity contribution >= 4 is 15.9 Å². The van der Waals surface area contributed by atoms with Crippen molar-refractivity contribution in [3.63, 3.8) is 0 Å². The first kappa shape index (κ1) is 20.5. The quantitative estimate of drug-likeness (QED) is 0.579. The molecular weight excluding hydrogens is 341 g/mol. The highest BCUT2D eigenvalue weighted by molar-refractivity contribution is 7.53. The lowest BCUT2D eigenvalue weighted by Crippen LogP contribution is -2.45. The molecule has 2 N–H and O–H groups in total. The Morgan fingerprint density at radius 3 is 2.04 bits per heavy atom. The highest BCUT2D eigenvalue weighted by atomic mass is 31.2. The van der Waals surface area contributed by atoms with Gasteiger partial charge in [0.15, 0.2) is 8.32 Å². The smallest absolute Gasteiger partial charge is 0.397 e. The number of alkyl halides is 2. The summed E-state index contributed by atoms with van der Waals surface area (Å²) in [6.07, 6.45) is -1.98. The fourth-order valence-electron chi connectivity index (χ4n) is 1.83. The van der Waals surface area contributed by atoms with Crippen molar-refractivity contribution in [3.8, 4) is 0 Å². The molecule has 0 radical (unpaired) electrons. The van der Waals surface area contributed by atoms with Crippen molar-refractivity contribution in [2.75, 3.05) is 0 Å². The molecule has 23 heavy (non-hydrogen) atoms. The van der Waals surface area contributed by atoms with Crippen molar-refractivity contribution in [1.82, 2.24) is 0 Å². The molecule has 1 rings (SSSR count). The van der Waals surface area contributed by atoms with Gasteiger partial charge in [0.2, 0.25) is 0 Å². The first-order chi connectivity index (χ1) is 10.1. The van der Waals surface area contributed by atoms with Gasteiger partial charge in [0.05, 0.1) is 0 Å². The van der Waals surface area contributed by atoms with Gasteiger partial charge in [0.25, 0.3) is 0 Å². The van der Waals surface area contributed by atoms with Gasteiger partial charge in [-0.3, -0.25) is 4.57 Å². The first-order valence-electron chi connectivity index (χ1n) is 7.28. The van der Waals surface area contributed by atoms with E-state index in [1.165, 1.54) is 6.07 Å². The Bertz CT molecular complexity index is 608. The third kappa shape index (κ3) is 4.28. The fraction of sp³-hybridized carbons (Fsp3) is 0.600. The molecule has 132 valence electrons. The van der Waals surface area contributed by atoms with Crippen molar-refractivity contribution in [1.29, 1.82) is 0 Å². The van der Waals surface area contributed by atoms with E-state index in [-0.39, 0.29) is 10.6 Å². The molecule has 0 heterocycles. The lowest BCUT2D eigenvalue weighted by Gasteiger charge is -2.41. The van der Waals surface area contributed by atoms with Crippen LogP contribution in [0.1, 0.15) is 38.0 Å². The number of benzene rings is 1. The minimum Gasteiger partial charge on any atom is -0.403 e. The van der Waals surface area contributed by atoms with Gasteiger partial charge in [-0.05, 0) is 36.2 Å². The second kappa shape index (κ2) is 6.37. The van der Waals surface area contributed by atoms with Gasteiger partial charge in [-0.2, -0.15) is 8.78 Å². The number of hydrogen-bond donors (Lipinski definition) is 2. The lowest BCUT2D eigenvalue weighted by molar-refractivity contribution is -0.0538. The predicted octanol–water partition coefficient (Wildman–Crippen LogP) is 4.83. The van der Waals surface area contributed by atoms with Gasteiger partial charge in [-0.25, -0.2) is 0 Å². The normalized spacial score (nSPS) is 15.6. The Morgan fingerprint density at radius 2 is 1.65 bits per heavy atom. The third-order valence-corrected chi connectivity index (χ3v) is 9.84. The monoisotopic (exact) mass is 366 g/mol. The molecule has 1 atom stereocenters. The summed E-state index contributed by atoms with van der Waals surface area (Å²) in [6, 6.07) is 6.28. The maximum atomic E-state index is 14.5. The molecule has 0 saturated heterocycles. The zero-order valence-corrected chi connectivity index (χ0v) is 16.2. The Hall–Kier alpha value is -0.593. The summed E-state index contributed by atoms with van der Waals surface area (Å²) < 4.78 is 46.2. The highest BCUT2D eigenvalue weighted by Gasteiger charge is 2.59. The van der Waals surface area contributed by atoms with Crippen LogP contribution in [-0.4, -0.2) is 23.8 Å². The van der Waals surface area contributed by atoms with Crippen LogP contribution in [-0.2, 0) is 8.99 Å². The summed E-state index contributed by atoms with van der Waals surface area (Å²) in [5.41, 5.74) is -3.69. The SMILES string of the molecule is Cc1ccccc1C(O[Si](C)(C)C(C)(C)C)C(F)(F)P(=O)(O)O. The van der Waals surface area contributed by atoms with Crippen LogP contribution in [0.3, 0.4) is 0 Å². The zero-order valence-electron chi connectivity index (χ0n) is 14.3. The summed E-state index contributed by atoms with van der Waals surface area (Å²) in [5, 5.41) is -0.376. The van der Waals surface area contributed by atoms with Gasteiger partial charge in [-0.1, -0.05) is 45.0 Å². The largest absolute Gasteiger partial charge is 0.403 e. The molecule has 0 aliphatic carbocycles. The van der Waals surface area contributed by atoms with Crippen molar-refractivity contribution in [2.24, 2.45) is 0 Å². The van der Waals surface area contributed by atoms with E-state index in [4.69, 9.17) is 14.2 Å². The average Bonchev–Trinajstić information content (AvgIpc) is 2.34. The summed E-state index contributed by atoms with van der Waals surface area (Å²) in [4.78, 5) is 18.3. The number of rotatable bonds is 5. The van der Waals surface area contributed by atoms with E-state index >= 15 is 0 Å². The maximum Gasteiger partial charge on any atom is 0.397 e. The van der Waals surface area contributed by atoms with Gasteiger partial charge in [0, 0.05) is 0 Å². The second-order valence-electron chi connectivity index (χ2n) is 7.25. The molecule has 1 unspecified atom stereocenters. The Labute approximate surface area is 137 Å². The van der Waals surface area contributed by atoms with Gasteiger partial charge >= 0.3 is 13.3 Å². The molecular formula is C15H25F2O4PSi. The van der Waals surface area contributed by atoms with Crippen molar-refractivity contribution < 1.29 is 27.6 Å². The van der Waals surface area contributed by atoms with Crippen LogP contribution in [0.15, 0.2) is 24.3 Å². The summed E-state index contributed by atoms with van der Waals surface area (Å²) >= 11 is 0. The van der Waals surface area contributed by atoms with E-state index in [0.717, 1.165) is 0 Å². The highest BCUT2D eigenvalue weighted by Crippen LogP contribution is 2.61. The molecule has 1 aromatic rings. The molecule has 0 aliphatic rings. The van der Waals surface area contributed by atoms with Crippen LogP contribution in [0.2, 0.25) is 18.1 Å². The van der Waals surface area contributed by atoms with E-state index < -0.39 is 27.7 Å². The second-order valence-corrected chi connectivity index (χ2v) is 13.7. The van der Waals surface area contributed by atoms with Crippen LogP contribution in [0.5, 0.6) is 0 Å². The van der Waals surface area contributed by atoms with E-state index in [1.807, 2.05) is 20.8 Å². The summed E-state index contributed by atoms with van der Waals surface area (Å²) in [6.45, 7) is 10.8. The third-order valence-electron chi connectivity index (χ3n) is 4.39. The summed E-state index contributed by atoms with van der Waals surface area (Å²) in [7, 11) is -8.37. The molecule has 1 aromatic carbocycles. The van der Waals surface area contributed by atoms with Crippen molar-refractivity contribution in [2.45, 2.75) is 57.6 Å². The molecule has 0 spiro atoms. The van der Waals surface area contributed by atoms with Crippen LogP contribution in [0.4, 0.5) is 8.78 Å². The Morgan fingerprint density at radius 1 is 1.17 bits per heavy atom. The Balaban J connectivity index is 3.47. The van der Waals surface area contributed by atoms with Gasteiger partial charge in [0.1, 0.15) is 6.10 Å². The first-order valence-corrected chi connectivity index (χ1v) is 11.8. The van der Waals surface area contributed by atoms with Crippen molar-refractivity contribution in [3.05, 3.63) is 35.4 Å². The van der Waals surface area contributed by atoms with Crippen LogP contribution >= 0.6 is 7.60 Å². The summed E-state index contributed by atoms with van der Waals surface area (Å²) in [5.74, 6) is 0. The standard InChI is InChI=1S/C15H25F2O4PSi/c1-11-9-7-8-10-12(11)13(15(16,17)22(18,19)20)21-23(5,6)14(2,3)4/h7-10,13H,1-6H3,(H2,18,19,20). The van der Waals surface area contributed by atoms with Gasteiger partial charge < -0.3 is 14.2 Å². The predicted molar refractivity (Wildman–Crippen MR) is 89.2 cm³/mol. The number of aryl methyl sites for hydroxylation is 1. The maximum absolute atomic E-state index is 14.5. The van der Waals surface area contributed by atoms with E-state index in [1.54, 1.807) is 38.2 Å². The molecule has 0 saturated carbocycles. The topological polar surface area (TPSA) is 66.8 Å². The molecule has 0 aromatic heterocycles. The van der Waals surface area contributed by atoms with E-state index in [2.05, 4.69) is 0 Å². The van der Waals surface area contributed by atoms with Crippen LogP contribution in [0.25, 0.3) is 0 Å². The molecule has 0 fully saturated rings. The molecule has 4 nitrogen and oxygen atoms in total. The van der Waals surface area contributed by atoms with Gasteiger partial charge in [-0.15, -0.1) is 0 Å². The minimum absolute atomic E-state index is 0.102. The average molecular weight is 366 g/mol. The molecule has 8 heteroatoms. The molecule has 0 bridgehead atoms. The van der Waals surface area contributed by atoms with E-state index in [0.29, 0.717) is 5.56 Å². The molecule has 0 aliphatic heterocycles. The van der Waals surface area contributed by atoms with E-state index in [9.17, 15) is 13.3 Å². The minimum atomic E-state index is -5.68. The number of halogens is 2. The Kier molecular flexibility index (Phi) is 5.67. The zero-order chi connectivity index (χ0) is 18.3. The fourth-order valence-corrected chi connectivity index (χ4v) is 3.64. The molecule has 0 amide bonds. The van der Waals surface area contributed by atoms with Crippen LogP contribution in [0, 0.1) is 6.92 Å². The lowest BCUT2D eigenvalue weighted by atomic mass is 10.0. The van der Waals surface area contributed by atoms with Crippen LogP contribution < -0.4 is 0 Å².